The fourth-order valence-corrected chi connectivity index (χ4v) is 2.31. The van der Waals surface area contributed by atoms with Gasteiger partial charge in [-0.05, 0) is 42.3 Å². The van der Waals surface area contributed by atoms with Crippen molar-refractivity contribution in [1.82, 2.24) is 5.32 Å². The Hall–Kier alpha value is -3.29. The lowest BCUT2D eigenvalue weighted by Crippen LogP contribution is -2.44. The number of hydrogen-bond acceptors (Lipinski definition) is 3. The largest absolute Gasteiger partial charge is 0.481 e. The standard InChI is InChI=1S/C18H16F2N2O4/c19-12-5-6-14(20)13(9-12)10-1-3-11(4-2-10)18(26)22-15(17(21)25)7-8-16(23)24/h1-6,9,15H,7-8H2,(H2,21,25)(H,22,26)(H,23,24)/t15-/m0/s1. The van der Waals surface area contributed by atoms with Crippen LogP contribution in [0.15, 0.2) is 42.5 Å². The van der Waals surface area contributed by atoms with Gasteiger partial charge in [0.25, 0.3) is 5.91 Å². The number of benzene rings is 2. The van der Waals surface area contributed by atoms with E-state index in [1.54, 1.807) is 0 Å². The van der Waals surface area contributed by atoms with Gasteiger partial charge in [0.1, 0.15) is 17.7 Å². The van der Waals surface area contributed by atoms with E-state index >= 15 is 0 Å². The highest BCUT2D eigenvalue weighted by Crippen LogP contribution is 2.24. The highest BCUT2D eigenvalue weighted by molar-refractivity contribution is 5.97. The summed E-state index contributed by atoms with van der Waals surface area (Å²) in [5, 5.41) is 11.0. The number of primary amides is 1. The summed E-state index contributed by atoms with van der Waals surface area (Å²) >= 11 is 0. The lowest BCUT2D eigenvalue weighted by atomic mass is 10.0. The van der Waals surface area contributed by atoms with E-state index in [9.17, 15) is 23.2 Å². The van der Waals surface area contributed by atoms with Crippen molar-refractivity contribution < 1.29 is 28.3 Å². The van der Waals surface area contributed by atoms with Crippen LogP contribution >= 0.6 is 0 Å². The molecule has 2 aromatic rings. The maximum Gasteiger partial charge on any atom is 0.303 e. The zero-order chi connectivity index (χ0) is 19.3. The van der Waals surface area contributed by atoms with Crippen LogP contribution in [-0.2, 0) is 9.59 Å². The first-order chi connectivity index (χ1) is 12.3. The molecule has 2 amide bonds. The Morgan fingerprint density at radius 1 is 1.08 bits per heavy atom. The Kier molecular flexibility index (Phi) is 6.00. The molecule has 136 valence electrons. The van der Waals surface area contributed by atoms with E-state index in [0.717, 1.165) is 18.2 Å². The number of aliphatic carboxylic acids is 1. The van der Waals surface area contributed by atoms with Crippen LogP contribution in [0.2, 0.25) is 0 Å². The van der Waals surface area contributed by atoms with Crippen LogP contribution in [0.4, 0.5) is 8.78 Å². The molecule has 8 heteroatoms. The zero-order valence-corrected chi connectivity index (χ0v) is 13.5. The molecule has 0 spiro atoms. The fourth-order valence-electron chi connectivity index (χ4n) is 2.31. The highest BCUT2D eigenvalue weighted by Gasteiger charge is 2.20. The van der Waals surface area contributed by atoms with E-state index in [1.807, 2.05) is 0 Å². The molecular weight excluding hydrogens is 346 g/mol. The Morgan fingerprint density at radius 3 is 2.31 bits per heavy atom. The van der Waals surface area contributed by atoms with Crippen LogP contribution in [0.5, 0.6) is 0 Å². The Bertz CT molecular complexity index is 838. The molecule has 2 aromatic carbocycles. The number of rotatable bonds is 7. The first-order valence-corrected chi connectivity index (χ1v) is 7.65. The molecule has 0 unspecified atom stereocenters. The normalized spacial score (nSPS) is 11.6. The number of carboxylic acids is 1. The first kappa shape index (κ1) is 19.0. The highest BCUT2D eigenvalue weighted by atomic mass is 19.1. The molecule has 26 heavy (non-hydrogen) atoms. The van der Waals surface area contributed by atoms with Crippen molar-refractivity contribution in [3.63, 3.8) is 0 Å². The number of halogens is 2. The van der Waals surface area contributed by atoms with Gasteiger partial charge in [0.05, 0.1) is 0 Å². The molecule has 2 rings (SSSR count). The summed E-state index contributed by atoms with van der Waals surface area (Å²) in [4.78, 5) is 34.1. The summed E-state index contributed by atoms with van der Waals surface area (Å²) in [5.41, 5.74) is 5.74. The average Bonchev–Trinajstić information content (AvgIpc) is 2.60. The van der Waals surface area contributed by atoms with E-state index in [4.69, 9.17) is 10.8 Å². The fraction of sp³-hybridized carbons (Fsp3) is 0.167. The van der Waals surface area contributed by atoms with Crippen LogP contribution in [-0.4, -0.2) is 28.9 Å². The molecule has 0 aliphatic heterocycles. The summed E-state index contributed by atoms with van der Waals surface area (Å²) in [7, 11) is 0. The van der Waals surface area contributed by atoms with Gasteiger partial charge in [-0.3, -0.25) is 14.4 Å². The van der Waals surface area contributed by atoms with Gasteiger partial charge in [0.15, 0.2) is 0 Å². The van der Waals surface area contributed by atoms with Crippen molar-refractivity contribution in [2.24, 2.45) is 5.73 Å². The van der Waals surface area contributed by atoms with Crippen LogP contribution in [0.25, 0.3) is 11.1 Å². The van der Waals surface area contributed by atoms with Crippen LogP contribution < -0.4 is 11.1 Å². The van der Waals surface area contributed by atoms with Crippen molar-refractivity contribution in [3.05, 3.63) is 59.7 Å². The SMILES string of the molecule is NC(=O)[C@H](CCC(=O)O)NC(=O)c1ccc(-c2cc(F)ccc2F)cc1. The van der Waals surface area contributed by atoms with Gasteiger partial charge in [-0.15, -0.1) is 0 Å². The molecule has 0 bridgehead atoms. The molecule has 1 atom stereocenters. The van der Waals surface area contributed by atoms with E-state index in [0.29, 0.717) is 5.56 Å². The van der Waals surface area contributed by atoms with Crippen LogP contribution in [0.1, 0.15) is 23.2 Å². The van der Waals surface area contributed by atoms with E-state index in [-0.39, 0.29) is 24.0 Å². The molecule has 0 aliphatic carbocycles. The Labute approximate surface area is 147 Å². The minimum atomic E-state index is -1.13. The lowest BCUT2D eigenvalue weighted by molar-refractivity contribution is -0.137. The van der Waals surface area contributed by atoms with Crippen molar-refractivity contribution in [2.45, 2.75) is 18.9 Å². The molecule has 0 aliphatic rings. The molecule has 0 fully saturated rings. The quantitative estimate of drug-likeness (QED) is 0.700. The lowest BCUT2D eigenvalue weighted by Gasteiger charge is -2.14. The topological polar surface area (TPSA) is 109 Å². The van der Waals surface area contributed by atoms with E-state index < -0.39 is 35.5 Å². The molecule has 0 saturated carbocycles. The summed E-state index contributed by atoms with van der Waals surface area (Å²) in [6.07, 6.45) is -0.464. The molecule has 0 aromatic heterocycles. The zero-order valence-electron chi connectivity index (χ0n) is 13.5. The summed E-state index contributed by atoms with van der Waals surface area (Å²) < 4.78 is 27.1. The second-order valence-corrected chi connectivity index (χ2v) is 5.56. The number of carbonyl (C=O) groups excluding carboxylic acids is 2. The summed E-state index contributed by atoms with van der Waals surface area (Å²) in [6.45, 7) is 0. The number of nitrogens with two attached hydrogens (primary N) is 1. The van der Waals surface area contributed by atoms with Gasteiger partial charge in [0.2, 0.25) is 5.91 Å². The Balaban J connectivity index is 2.14. The average molecular weight is 362 g/mol. The maximum absolute atomic E-state index is 13.8. The minimum Gasteiger partial charge on any atom is -0.481 e. The number of amides is 2. The number of carboxylic acid groups (broad SMARTS) is 1. The van der Waals surface area contributed by atoms with Gasteiger partial charge in [-0.2, -0.15) is 0 Å². The van der Waals surface area contributed by atoms with Gasteiger partial charge < -0.3 is 16.2 Å². The predicted octanol–water partition coefficient (Wildman–Crippen LogP) is 2.08. The third kappa shape index (κ3) is 4.85. The molecule has 0 heterocycles. The number of hydrogen-bond donors (Lipinski definition) is 3. The second kappa shape index (κ2) is 8.19. The molecule has 0 saturated heterocycles. The Morgan fingerprint density at radius 2 is 1.73 bits per heavy atom. The van der Waals surface area contributed by atoms with Crippen LogP contribution in [0.3, 0.4) is 0 Å². The molecular formula is C18H16F2N2O4. The predicted molar refractivity (Wildman–Crippen MR) is 89.1 cm³/mol. The smallest absolute Gasteiger partial charge is 0.303 e. The monoisotopic (exact) mass is 362 g/mol. The number of carbonyl (C=O) groups is 3. The van der Waals surface area contributed by atoms with Crippen molar-refractivity contribution in [3.8, 4) is 11.1 Å². The van der Waals surface area contributed by atoms with Crippen LogP contribution in [0, 0.1) is 11.6 Å². The van der Waals surface area contributed by atoms with Crippen molar-refractivity contribution in [2.75, 3.05) is 0 Å². The number of nitrogens with one attached hydrogen (secondary N) is 1. The van der Waals surface area contributed by atoms with Gasteiger partial charge >= 0.3 is 5.97 Å². The molecule has 4 N–H and O–H groups in total. The minimum absolute atomic E-state index is 0.0495. The molecule has 0 radical (unpaired) electrons. The summed E-state index contributed by atoms with van der Waals surface area (Å²) in [6, 6.07) is 7.55. The van der Waals surface area contributed by atoms with E-state index in [1.165, 1.54) is 24.3 Å². The third-order valence-corrected chi connectivity index (χ3v) is 3.68. The van der Waals surface area contributed by atoms with Crippen molar-refractivity contribution >= 4 is 17.8 Å². The van der Waals surface area contributed by atoms with Gasteiger partial charge in [-0.25, -0.2) is 8.78 Å². The second-order valence-electron chi connectivity index (χ2n) is 5.56. The molecule has 6 nitrogen and oxygen atoms in total. The maximum atomic E-state index is 13.8. The third-order valence-electron chi connectivity index (χ3n) is 3.68. The van der Waals surface area contributed by atoms with Crippen molar-refractivity contribution in [1.29, 1.82) is 0 Å². The summed E-state index contributed by atoms with van der Waals surface area (Å²) in [5.74, 6) is -3.80. The van der Waals surface area contributed by atoms with Gasteiger partial charge in [-0.1, -0.05) is 12.1 Å². The van der Waals surface area contributed by atoms with Gasteiger partial charge in [0, 0.05) is 17.5 Å². The first-order valence-electron chi connectivity index (χ1n) is 7.65. The van der Waals surface area contributed by atoms with E-state index in [2.05, 4.69) is 5.32 Å².